The van der Waals surface area contributed by atoms with Crippen molar-refractivity contribution in [2.24, 2.45) is 5.92 Å². The summed E-state index contributed by atoms with van der Waals surface area (Å²) in [6.07, 6.45) is 4.49. The van der Waals surface area contributed by atoms with Crippen molar-refractivity contribution in [2.75, 3.05) is 32.7 Å². The van der Waals surface area contributed by atoms with Crippen LogP contribution in [0.5, 0.6) is 0 Å². The zero-order chi connectivity index (χ0) is 12.8. The highest BCUT2D eigenvalue weighted by Gasteiger charge is 2.21. The van der Waals surface area contributed by atoms with E-state index in [1.165, 1.54) is 0 Å². The molecule has 0 spiro atoms. The first-order chi connectivity index (χ1) is 8.77. The molecule has 18 heavy (non-hydrogen) atoms. The van der Waals surface area contributed by atoms with Crippen LogP contribution >= 0.6 is 0 Å². The van der Waals surface area contributed by atoms with E-state index in [0.717, 1.165) is 51.9 Å². The predicted molar refractivity (Wildman–Crippen MR) is 69.0 cm³/mol. The molecule has 0 bridgehead atoms. The van der Waals surface area contributed by atoms with Gasteiger partial charge in [0.25, 0.3) is 0 Å². The second-order valence-corrected chi connectivity index (χ2v) is 5.15. The van der Waals surface area contributed by atoms with Gasteiger partial charge in [0.15, 0.2) is 0 Å². The molecule has 2 rings (SSSR count). The monoisotopic (exact) mass is 253 g/mol. The number of hydrogen-bond donors (Lipinski definition) is 2. The Kier molecular flexibility index (Phi) is 4.99. The van der Waals surface area contributed by atoms with E-state index < -0.39 is 0 Å². The first kappa shape index (κ1) is 13.3. The van der Waals surface area contributed by atoms with E-state index in [1.54, 1.807) is 0 Å². The number of likely N-dealkylation sites (tertiary alicyclic amines) is 1. The SMILES string of the molecule is O=C(NCCC(=O)N1CCCC1)C1CCNCC1. The second-order valence-electron chi connectivity index (χ2n) is 5.15. The summed E-state index contributed by atoms with van der Waals surface area (Å²) < 4.78 is 0. The van der Waals surface area contributed by atoms with Crippen molar-refractivity contribution in [1.82, 2.24) is 15.5 Å². The van der Waals surface area contributed by atoms with Gasteiger partial charge < -0.3 is 15.5 Å². The highest BCUT2D eigenvalue weighted by atomic mass is 16.2. The van der Waals surface area contributed by atoms with Crippen molar-refractivity contribution in [2.45, 2.75) is 32.1 Å². The Morgan fingerprint density at radius 2 is 1.83 bits per heavy atom. The minimum absolute atomic E-state index is 0.116. The van der Waals surface area contributed by atoms with E-state index in [-0.39, 0.29) is 17.7 Å². The van der Waals surface area contributed by atoms with Gasteiger partial charge in [0.05, 0.1) is 0 Å². The number of carbonyl (C=O) groups is 2. The van der Waals surface area contributed by atoms with Crippen molar-refractivity contribution in [1.29, 1.82) is 0 Å². The fraction of sp³-hybridized carbons (Fsp3) is 0.846. The second kappa shape index (κ2) is 6.73. The van der Waals surface area contributed by atoms with Crippen molar-refractivity contribution in [3.8, 4) is 0 Å². The largest absolute Gasteiger partial charge is 0.355 e. The minimum atomic E-state index is 0.116. The van der Waals surface area contributed by atoms with E-state index in [0.29, 0.717) is 13.0 Å². The zero-order valence-electron chi connectivity index (χ0n) is 10.9. The molecule has 2 saturated heterocycles. The van der Waals surface area contributed by atoms with Crippen LogP contribution in [0.4, 0.5) is 0 Å². The molecule has 2 aliphatic rings. The average molecular weight is 253 g/mol. The van der Waals surface area contributed by atoms with Crippen LogP contribution in [0.25, 0.3) is 0 Å². The molecular weight excluding hydrogens is 230 g/mol. The smallest absolute Gasteiger partial charge is 0.224 e. The lowest BCUT2D eigenvalue weighted by Crippen LogP contribution is -2.39. The van der Waals surface area contributed by atoms with E-state index in [2.05, 4.69) is 10.6 Å². The summed E-state index contributed by atoms with van der Waals surface area (Å²) in [5.74, 6) is 0.428. The van der Waals surface area contributed by atoms with Crippen LogP contribution in [0, 0.1) is 5.92 Å². The number of amides is 2. The molecule has 102 valence electrons. The Labute approximate surface area is 108 Å². The van der Waals surface area contributed by atoms with E-state index in [4.69, 9.17) is 0 Å². The molecule has 0 aromatic carbocycles. The number of hydrogen-bond acceptors (Lipinski definition) is 3. The third-order valence-electron chi connectivity index (χ3n) is 3.81. The highest BCUT2D eigenvalue weighted by molar-refractivity contribution is 5.80. The molecule has 2 amide bonds. The van der Waals surface area contributed by atoms with Gasteiger partial charge >= 0.3 is 0 Å². The van der Waals surface area contributed by atoms with Crippen molar-refractivity contribution < 1.29 is 9.59 Å². The molecule has 0 atom stereocenters. The van der Waals surface area contributed by atoms with E-state index in [9.17, 15) is 9.59 Å². The Balaban J connectivity index is 1.62. The molecule has 2 aliphatic heterocycles. The van der Waals surface area contributed by atoms with Gasteiger partial charge in [0.2, 0.25) is 11.8 Å². The summed E-state index contributed by atoms with van der Waals surface area (Å²) in [5, 5.41) is 6.13. The third-order valence-corrected chi connectivity index (χ3v) is 3.81. The molecule has 0 aliphatic carbocycles. The van der Waals surface area contributed by atoms with Crippen LogP contribution in [0.1, 0.15) is 32.1 Å². The fourth-order valence-electron chi connectivity index (χ4n) is 2.65. The summed E-state index contributed by atoms with van der Waals surface area (Å²) in [6, 6.07) is 0. The molecule has 0 saturated carbocycles. The van der Waals surface area contributed by atoms with Crippen LogP contribution in [0.15, 0.2) is 0 Å². The Morgan fingerprint density at radius 1 is 1.17 bits per heavy atom. The van der Waals surface area contributed by atoms with Crippen molar-refractivity contribution in [3.63, 3.8) is 0 Å². The van der Waals surface area contributed by atoms with Gasteiger partial charge in [0.1, 0.15) is 0 Å². The van der Waals surface area contributed by atoms with Crippen molar-refractivity contribution in [3.05, 3.63) is 0 Å². The number of nitrogens with one attached hydrogen (secondary N) is 2. The number of rotatable bonds is 4. The molecule has 2 fully saturated rings. The van der Waals surface area contributed by atoms with Crippen molar-refractivity contribution >= 4 is 11.8 Å². The minimum Gasteiger partial charge on any atom is -0.355 e. The number of nitrogens with zero attached hydrogens (tertiary/aromatic N) is 1. The van der Waals surface area contributed by atoms with Crippen LogP contribution < -0.4 is 10.6 Å². The maximum absolute atomic E-state index is 11.8. The average Bonchev–Trinajstić information content (AvgIpc) is 2.93. The molecule has 0 aromatic rings. The summed E-state index contributed by atoms with van der Waals surface area (Å²) >= 11 is 0. The topological polar surface area (TPSA) is 61.4 Å². The summed E-state index contributed by atoms with van der Waals surface area (Å²) in [5.41, 5.74) is 0. The number of carbonyl (C=O) groups excluding carboxylic acids is 2. The Morgan fingerprint density at radius 3 is 2.50 bits per heavy atom. The lowest BCUT2D eigenvalue weighted by molar-refractivity contribution is -0.130. The lowest BCUT2D eigenvalue weighted by Gasteiger charge is -2.22. The third kappa shape index (κ3) is 3.70. The molecule has 5 nitrogen and oxygen atoms in total. The summed E-state index contributed by atoms with van der Waals surface area (Å²) in [4.78, 5) is 25.5. The van der Waals surface area contributed by atoms with Gasteiger partial charge in [-0.05, 0) is 38.8 Å². The quantitative estimate of drug-likeness (QED) is 0.748. The maximum Gasteiger partial charge on any atom is 0.224 e. The van der Waals surface area contributed by atoms with Gasteiger partial charge in [0, 0.05) is 32.0 Å². The van der Waals surface area contributed by atoms with E-state index in [1.807, 2.05) is 4.90 Å². The van der Waals surface area contributed by atoms with Gasteiger partial charge in [-0.3, -0.25) is 9.59 Å². The standard InChI is InChI=1S/C13H23N3O2/c17-12(16-9-1-2-10-16)5-8-15-13(18)11-3-6-14-7-4-11/h11,14H,1-10H2,(H,15,18). The molecule has 0 aromatic heterocycles. The predicted octanol–water partition coefficient (Wildman–Crippen LogP) is 0.115. The van der Waals surface area contributed by atoms with E-state index >= 15 is 0 Å². The molecule has 2 N–H and O–H groups in total. The molecule has 5 heteroatoms. The number of piperidine rings is 1. The molecule has 2 heterocycles. The van der Waals surface area contributed by atoms with Crippen LogP contribution in [0.3, 0.4) is 0 Å². The molecule has 0 radical (unpaired) electrons. The van der Waals surface area contributed by atoms with Gasteiger partial charge in [-0.15, -0.1) is 0 Å². The van der Waals surface area contributed by atoms with Crippen LogP contribution in [-0.4, -0.2) is 49.4 Å². The van der Waals surface area contributed by atoms with Gasteiger partial charge in [-0.25, -0.2) is 0 Å². The first-order valence-electron chi connectivity index (χ1n) is 7.03. The summed E-state index contributed by atoms with van der Waals surface area (Å²) in [7, 11) is 0. The Hall–Kier alpha value is -1.10. The molecular formula is C13H23N3O2. The lowest BCUT2D eigenvalue weighted by atomic mass is 9.97. The fourth-order valence-corrected chi connectivity index (χ4v) is 2.65. The highest BCUT2D eigenvalue weighted by Crippen LogP contribution is 2.11. The normalized spacial score (nSPS) is 21.0. The van der Waals surface area contributed by atoms with Crippen LogP contribution in [-0.2, 0) is 9.59 Å². The first-order valence-corrected chi connectivity index (χ1v) is 7.03. The van der Waals surface area contributed by atoms with Crippen LogP contribution in [0.2, 0.25) is 0 Å². The Bertz CT molecular complexity index is 295. The molecule has 0 unspecified atom stereocenters. The van der Waals surface area contributed by atoms with Gasteiger partial charge in [-0.2, -0.15) is 0 Å². The zero-order valence-corrected chi connectivity index (χ0v) is 10.9. The maximum atomic E-state index is 11.8. The summed E-state index contributed by atoms with van der Waals surface area (Å²) in [6.45, 7) is 4.11. The van der Waals surface area contributed by atoms with Gasteiger partial charge in [-0.1, -0.05) is 0 Å².